The van der Waals surface area contributed by atoms with Gasteiger partial charge in [0, 0.05) is 37.4 Å². The Bertz CT molecular complexity index is 1390. The van der Waals surface area contributed by atoms with Gasteiger partial charge < -0.3 is 14.5 Å². The molecule has 0 atom stereocenters. The van der Waals surface area contributed by atoms with Crippen molar-refractivity contribution in [2.24, 2.45) is 0 Å². The van der Waals surface area contributed by atoms with Gasteiger partial charge in [-0.3, -0.25) is 4.79 Å². The smallest absolute Gasteiger partial charge is 0.272 e. The van der Waals surface area contributed by atoms with Crippen molar-refractivity contribution in [2.75, 3.05) is 38.2 Å². The molecule has 1 saturated heterocycles. The summed E-state index contributed by atoms with van der Waals surface area (Å²) in [6.45, 7) is 6.62. The van der Waals surface area contributed by atoms with Crippen molar-refractivity contribution in [3.05, 3.63) is 95.4 Å². The van der Waals surface area contributed by atoms with Crippen LogP contribution in [0.4, 0.5) is 10.1 Å². The molecule has 3 aromatic carbocycles. The third-order valence-corrected chi connectivity index (χ3v) is 6.66. The van der Waals surface area contributed by atoms with Gasteiger partial charge in [-0.1, -0.05) is 29.8 Å². The molecule has 5 rings (SSSR count). The van der Waals surface area contributed by atoms with E-state index in [9.17, 15) is 9.18 Å². The van der Waals surface area contributed by atoms with Crippen molar-refractivity contribution in [2.45, 2.75) is 13.8 Å². The zero-order valence-corrected chi connectivity index (χ0v) is 20.7. The zero-order chi connectivity index (χ0) is 25.2. The van der Waals surface area contributed by atoms with Gasteiger partial charge in [-0.05, 0) is 67.9 Å². The molecule has 2 heterocycles. The van der Waals surface area contributed by atoms with Crippen LogP contribution < -0.4 is 9.64 Å². The van der Waals surface area contributed by atoms with E-state index in [0.717, 1.165) is 41.3 Å². The number of rotatable bonds is 5. The highest BCUT2D eigenvalue weighted by atomic mass is 19.1. The number of halogens is 1. The van der Waals surface area contributed by atoms with E-state index >= 15 is 0 Å². The molecule has 0 radical (unpaired) electrons. The van der Waals surface area contributed by atoms with Crippen LogP contribution in [0.1, 0.15) is 21.6 Å². The summed E-state index contributed by atoms with van der Waals surface area (Å²) >= 11 is 0. The summed E-state index contributed by atoms with van der Waals surface area (Å²) in [6, 6.07) is 22.2. The number of aryl methyl sites for hydroxylation is 2. The van der Waals surface area contributed by atoms with Gasteiger partial charge in [-0.2, -0.15) is 5.10 Å². The molecule has 0 N–H and O–H groups in total. The van der Waals surface area contributed by atoms with Crippen LogP contribution in [0.2, 0.25) is 0 Å². The van der Waals surface area contributed by atoms with Crippen molar-refractivity contribution in [3.8, 4) is 22.7 Å². The van der Waals surface area contributed by atoms with Crippen LogP contribution in [-0.4, -0.2) is 53.9 Å². The van der Waals surface area contributed by atoms with Gasteiger partial charge >= 0.3 is 0 Å². The van der Waals surface area contributed by atoms with E-state index in [0.29, 0.717) is 30.0 Å². The van der Waals surface area contributed by atoms with E-state index in [-0.39, 0.29) is 11.7 Å². The standard InChI is InChI=1S/C29H29FN4O2/c1-20-8-13-27(21(2)18-20)34-28(19-26(31-34)24-6-4-5-7-25(24)30)29(35)33-16-14-32(15-17-33)22-9-11-23(36-3)12-10-22/h4-13,18-19H,14-17H2,1-3H3. The normalized spacial score (nSPS) is 13.7. The summed E-state index contributed by atoms with van der Waals surface area (Å²) in [7, 11) is 1.65. The van der Waals surface area contributed by atoms with Crippen LogP contribution in [-0.2, 0) is 0 Å². The number of ether oxygens (including phenoxy) is 1. The molecule has 1 aliphatic heterocycles. The Morgan fingerprint density at radius 3 is 2.31 bits per heavy atom. The van der Waals surface area contributed by atoms with Crippen LogP contribution in [0.5, 0.6) is 5.75 Å². The Labute approximate surface area is 210 Å². The van der Waals surface area contributed by atoms with Crippen molar-refractivity contribution < 1.29 is 13.9 Å². The van der Waals surface area contributed by atoms with Crippen molar-refractivity contribution >= 4 is 11.6 Å². The second-order valence-electron chi connectivity index (χ2n) is 9.07. The van der Waals surface area contributed by atoms with Crippen molar-refractivity contribution in [1.29, 1.82) is 0 Å². The number of nitrogens with zero attached hydrogens (tertiary/aromatic N) is 4. The maximum Gasteiger partial charge on any atom is 0.272 e. The molecule has 7 heteroatoms. The fourth-order valence-electron chi connectivity index (χ4n) is 4.68. The number of hydrogen-bond donors (Lipinski definition) is 0. The second kappa shape index (κ2) is 9.85. The molecule has 1 aliphatic rings. The summed E-state index contributed by atoms with van der Waals surface area (Å²) in [5.41, 5.74) is 5.27. The number of hydrogen-bond acceptors (Lipinski definition) is 4. The molecular weight excluding hydrogens is 455 g/mol. The highest BCUT2D eigenvalue weighted by Crippen LogP contribution is 2.27. The summed E-state index contributed by atoms with van der Waals surface area (Å²) in [5.74, 6) is 0.340. The monoisotopic (exact) mass is 484 g/mol. The number of amides is 1. The van der Waals surface area contributed by atoms with Crippen molar-refractivity contribution in [3.63, 3.8) is 0 Å². The molecule has 36 heavy (non-hydrogen) atoms. The fraction of sp³-hybridized carbons (Fsp3) is 0.241. The number of anilines is 1. The third-order valence-electron chi connectivity index (χ3n) is 6.66. The third kappa shape index (κ3) is 4.56. The van der Waals surface area contributed by atoms with E-state index in [2.05, 4.69) is 11.0 Å². The lowest BCUT2D eigenvalue weighted by Gasteiger charge is -2.36. The largest absolute Gasteiger partial charge is 0.497 e. The molecule has 1 amide bonds. The first kappa shape index (κ1) is 23.6. The average molecular weight is 485 g/mol. The summed E-state index contributed by atoms with van der Waals surface area (Å²) in [5, 5.41) is 4.70. The second-order valence-corrected chi connectivity index (χ2v) is 9.07. The Morgan fingerprint density at radius 2 is 1.64 bits per heavy atom. The van der Waals surface area contributed by atoms with Gasteiger partial charge in [0.2, 0.25) is 0 Å². The minimum absolute atomic E-state index is 0.112. The Hall–Kier alpha value is -4.13. The Balaban J connectivity index is 1.44. The van der Waals surface area contributed by atoms with E-state index in [4.69, 9.17) is 9.84 Å². The molecule has 6 nitrogen and oxygen atoms in total. The molecule has 1 fully saturated rings. The summed E-state index contributed by atoms with van der Waals surface area (Å²) in [4.78, 5) is 17.9. The molecule has 0 spiro atoms. The SMILES string of the molecule is COc1ccc(N2CCN(C(=O)c3cc(-c4ccccc4F)nn3-c3ccc(C)cc3C)CC2)cc1. The van der Waals surface area contributed by atoms with Crippen molar-refractivity contribution in [1.82, 2.24) is 14.7 Å². The highest BCUT2D eigenvalue weighted by molar-refractivity contribution is 5.94. The maximum absolute atomic E-state index is 14.6. The van der Waals surface area contributed by atoms with Gasteiger partial charge in [0.15, 0.2) is 0 Å². The van der Waals surface area contributed by atoms with E-state index in [1.165, 1.54) is 6.07 Å². The number of carbonyl (C=O) groups is 1. The lowest BCUT2D eigenvalue weighted by Crippen LogP contribution is -2.49. The lowest BCUT2D eigenvalue weighted by atomic mass is 10.1. The highest BCUT2D eigenvalue weighted by Gasteiger charge is 2.27. The number of carbonyl (C=O) groups excluding carboxylic acids is 1. The molecule has 0 unspecified atom stereocenters. The van der Waals surface area contributed by atoms with Crippen LogP contribution >= 0.6 is 0 Å². The molecule has 184 valence electrons. The summed E-state index contributed by atoms with van der Waals surface area (Å²) in [6.07, 6.45) is 0. The zero-order valence-electron chi connectivity index (χ0n) is 20.7. The predicted molar refractivity (Wildman–Crippen MR) is 140 cm³/mol. The van der Waals surface area contributed by atoms with Gasteiger partial charge in [0.05, 0.1) is 18.5 Å². The van der Waals surface area contributed by atoms with E-state index in [1.54, 1.807) is 36.1 Å². The summed E-state index contributed by atoms with van der Waals surface area (Å²) < 4.78 is 21.5. The molecule has 0 saturated carbocycles. The topological polar surface area (TPSA) is 50.6 Å². The minimum atomic E-state index is -0.366. The molecule has 0 aliphatic carbocycles. The van der Waals surface area contributed by atoms with Gasteiger partial charge in [-0.15, -0.1) is 0 Å². The predicted octanol–water partition coefficient (Wildman–Crippen LogP) is 5.27. The first-order valence-corrected chi connectivity index (χ1v) is 12.1. The lowest BCUT2D eigenvalue weighted by molar-refractivity contribution is 0.0737. The van der Waals surface area contributed by atoms with Gasteiger partial charge in [-0.25, -0.2) is 9.07 Å². The van der Waals surface area contributed by atoms with Gasteiger partial charge in [0.1, 0.15) is 17.3 Å². The number of piperazine rings is 1. The maximum atomic E-state index is 14.6. The minimum Gasteiger partial charge on any atom is -0.497 e. The fourth-order valence-corrected chi connectivity index (χ4v) is 4.68. The van der Waals surface area contributed by atoms with Crippen LogP contribution in [0.3, 0.4) is 0 Å². The number of aromatic nitrogens is 2. The molecule has 4 aromatic rings. The Kier molecular flexibility index (Phi) is 6.46. The first-order chi connectivity index (χ1) is 17.4. The first-order valence-electron chi connectivity index (χ1n) is 12.1. The van der Waals surface area contributed by atoms with Crippen LogP contribution in [0, 0.1) is 19.7 Å². The van der Waals surface area contributed by atoms with Gasteiger partial charge in [0.25, 0.3) is 5.91 Å². The van der Waals surface area contributed by atoms with Crippen LogP contribution in [0.15, 0.2) is 72.8 Å². The number of benzene rings is 3. The number of methoxy groups -OCH3 is 1. The van der Waals surface area contributed by atoms with Crippen LogP contribution in [0.25, 0.3) is 16.9 Å². The quantitative estimate of drug-likeness (QED) is 0.388. The van der Waals surface area contributed by atoms with E-state index < -0.39 is 0 Å². The average Bonchev–Trinajstić information content (AvgIpc) is 3.33. The molecule has 1 aromatic heterocycles. The molecule has 0 bridgehead atoms. The molecular formula is C29H29FN4O2. The van der Waals surface area contributed by atoms with E-state index in [1.807, 2.05) is 55.1 Å². The Morgan fingerprint density at radius 1 is 0.917 bits per heavy atom.